The Morgan fingerprint density at radius 2 is 1.51 bits per heavy atom. The summed E-state index contributed by atoms with van der Waals surface area (Å²) in [6.07, 6.45) is 9.54. The van der Waals surface area contributed by atoms with E-state index in [0.29, 0.717) is 12.3 Å². The highest BCUT2D eigenvalue weighted by molar-refractivity contribution is 6.74. The molecule has 6 heteroatoms. The Bertz CT molecular complexity index is 717. The minimum atomic E-state index is -1.95. The van der Waals surface area contributed by atoms with Crippen molar-refractivity contribution in [2.24, 2.45) is 17.3 Å². The van der Waals surface area contributed by atoms with Crippen molar-refractivity contribution in [3.8, 4) is 0 Å². The van der Waals surface area contributed by atoms with Crippen LogP contribution in [-0.2, 0) is 13.6 Å². The molecule has 1 unspecified atom stereocenters. The van der Waals surface area contributed by atoms with E-state index in [1.54, 1.807) is 0 Å². The molecule has 0 aromatic carbocycles. The van der Waals surface area contributed by atoms with Gasteiger partial charge in [0.1, 0.15) is 0 Å². The van der Waals surface area contributed by atoms with Gasteiger partial charge in [-0.05, 0) is 60.4 Å². The smallest absolute Gasteiger partial charge is 0.192 e. The Labute approximate surface area is 219 Å². The van der Waals surface area contributed by atoms with Gasteiger partial charge in [-0.15, -0.1) is 0 Å². The molecule has 206 valence electrons. The van der Waals surface area contributed by atoms with Crippen molar-refractivity contribution in [2.45, 2.75) is 155 Å². The molecule has 0 radical (unpaired) electrons. The normalized spacial score (nSPS) is 29.7. The van der Waals surface area contributed by atoms with Gasteiger partial charge >= 0.3 is 0 Å². The molecule has 1 saturated carbocycles. The second kappa shape index (κ2) is 11.0. The van der Waals surface area contributed by atoms with Gasteiger partial charge in [-0.2, -0.15) is 0 Å². The van der Waals surface area contributed by atoms with Gasteiger partial charge in [0.2, 0.25) is 0 Å². The molecule has 1 aliphatic heterocycles. The summed E-state index contributed by atoms with van der Waals surface area (Å²) in [6, 6.07) is 0. The monoisotopic (exact) mass is 526 g/mol. The molecule has 2 fully saturated rings. The first-order valence-electron chi connectivity index (χ1n) is 14.1. The summed E-state index contributed by atoms with van der Waals surface area (Å²) in [5.41, 5.74) is 0.0571. The van der Waals surface area contributed by atoms with E-state index in [1.165, 1.54) is 12.8 Å². The molecule has 1 aliphatic carbocycles. The Morgan fingerprint density at radius 3 is 2.03 bits per heavy atom. The van der Waals surface area contributed by atoms with Crippen LogP contribution in [-0.4, -0.2) is 46.3 Å². The van der Waals surface area contributed by atoms with Crippen molar-refractivity contribution in [3.05, 3.63) is 12.2 Å². The van der Waals surface area contributed by atoms with Gasteiger partial charge in [-0.3, -0.25) is 0 Å². The van der Waals surface area contributed by atoms with Gasteiger partial charge in [-0.25, -0.2) is 0 Å². The van der Waals surface area contributed by atoms with E-state index >= 15 is 0 Å². The highest BCUT2D eigenvalue weighted by Crippen LogP contribution is 2.48. The first kappa shape index (κ1) is 31.2. The van der Waals surface area contributed by atoms with Crippen LogP contribution < -0.4 is 0 Å². The van der Waals surface area contributed by atoms with E-state index in [4.69, 9.17) is 13.6 Å². The van der Waals surface area contributed by atoms with Crippen molar-refractivity contribution < 1.29 is 18.7 Å². The van der Waals surface area contributed by atoms with Crippen molar-refractivity contribution in [1.82, 2.24) is 0 Å². The number of hydrogen-bond donors (Lipinski definition) is 1. The average Bonchev–Trinajstić information content (AvgIpc) is 3.16. The van der Waals surface area contributed by atoms with Gasteiger partial charge in [0.15, 0.2) is 22.9 Å². The molecule has 1 N–H and O–H groups in total. The number of ether oxygens (including phenoxy) is 1. The zero-order valence-electron chi connectivity index (χ0n) is 25.3. The van der Waals surface area contributed by atoms with Crippen LogP contribution in [0.2, 0.25) is 36.3 Å². The Morgan fingerprint density at radius 1 is 0.943 bits per heavy atom. The maximum Gasteiger partial charge on any atom is 0.192 e. The van der Waals surface area contributed by atoms with E-state index in [1.807, 2.05) is 0 Å². The molecular weight excluding hydrogens is 468 g/mol. The maximum absolute atomic E-state index is 10.2. The topological polar surface area (TPSA) is 47.9 Å². The van der Waals surface area contributed by atoms with Crippen LogP contribution in [0.3, 0.4) is 0 Å². The lowest BCUT2D eigenvalue weighted by Gasteiger charge is -2.44. The lowest BCUT2D eigenvalue weighted by molar-refractivity contribution is -0.0945. The first-order valence-corrected chi connectivity index (χ1v) is 19.9. The van der Waals surface area contributed by atoms with Crippen LogP contribution in [0.1, 0.15) is 94.4 Å². The Kier molecular flexibility index (Phi) is 9.83. The number of fused-ring (bicyclic) bond motifs is 1. The van der Waals surface area contributed by atoms with E-state index in [0.717, 1.165) is 12.8 Å². The molecule has 4 nitrogen and oxygen atoms in total. The van der Waals surface area contributed by atoms with Crippen LogP contribution in [0, 0.1) is 17.3 Å². The van der Waals surface area contributed by atoms with Gasteiger partial charge in [-0.1, -0.05) is 87.3 Å². The summed E-state index contributed by atoms with van der Waals surface area (Å²) in [5.74, 6) is 0.557. The van der Waals surface area contributed by atoms with Gasteiger partial charge in [0.25, 0.3) is 0 Å². The fourth-order valence-electron chi connectivity index (χ4n) is 4.95. The molecule has 1 saturated heterocycles. The number of aliphatic hydroxyl groups excluding tert-OH is 1. The minimum Gasteiger partial charge on any atom is -0.413 e. The van der Waals surface area contributed by atoms with E-state index in [-0.39, 0.29) is 39.7 Å². The molecule has 6 atom stereocenters. The molecule has 2 aliphatic rings. The third-order valence-electron chi connectivity index (χ3n) is 9.60. The second-order valence-electron chi connectivity index (χ2n) is 15.0. The number of aliphatic hydroxyl groups is 1. The van der Waals surface area contributed by atoms with Crippen LogP contribution in [0.25, 0.3) is 0 Å². The van der Waals surface area contributed by atoms with Crippen LogP contribution in [0.4, 0.5) is 0 Å². The van der Waals surface area contributed by atoms with Crippen molar-refractivity contribution in [3.63, 3.8) is 0 Å². The third-order valence-corrected chi connectivity index (χ3v) is 18.6. The summed E-state index contributed by atoms with van der Waals surface area (Å²) in [5, 5.41) is 10.6. The first-order chi connectivity index (χ1) is 15.7. The number of hydrogen-bond acceptors (Lipinski definition) is 4. The molecule has 0 spiro atoms. The second-order valence-corrected chi connectivity index (χ2v) is 24.5. The highest BCUT2D eigenvalue weighted by Gasteiger charge is 2.52. The van der Waals surface area contributed by atoms with Crippen LogP contribution in [0.15, 0.2) is 12.2 Å². The standard InChI is InChI=1S/C29H58O4Si2/c1-14-15-18-29(8,9)25(33-35(12,13)28(5,6)7)17-16-21-22-19-26(30)31-23(22)20-24(21)32-34(10,11)27(2,3)4/h16-17,21-26,30H,14-15,18-20H2,1-13H3/b17-16+/t21-,22-,23+,24-,25-,26?/m1/s1. The molecular formula is C29H58O4Si2. The minimum absolute atomic E-state index is 0.0571. The maximum atomic E-state index is 10.2. The zero-order valence-corrected chi connectivity index (χ0v) is 27.3. The van der Waals surface area contributed by atoms with Crippen LogP contribution >= 0.6 is 0 Å². The molecule has 1 heterocycles. The molecule has 0 amide bonds. The summed E-state index contributed by atoms with van der Waals surface area (Å²) >= 11 is 0. The van der Waals surface area contributed by atoms with E-state index in [9.17, 15) is 5.11 Å². The molecule has 2 rings (SSSR count). The van der Waals surface area contributed by atoms with E-state index in [2.05, 4.69) is 101 Å². The van der Waals surface area contributed by atoms with Crippen molar-refractivity contribution in [1.29, 1.82) is 0 Å². The van der Waals surface area contributed by atoms with Crippen LogP contribution in [0.5, 0.6) is 0 Å². The predicted octanol–water partition coefficient (Wildman–Crippen LogP) is 8.28. The molecule has 0 aromatic heterocycles. The lowest BCUT2D eigenvalue weighted by atomic mass is 9.80. The predicted molar refractivity (Wildman–Crippen MR) is 154 cm³/mol. The van der Waals surface area contributed by atoms with Crippen molar-refractivity contribution >= 4 is 16.6 Å². The highest BCUT2D eigenvalue weighted by atomic mass is 28.4. The summed E-state index contributed by atoms with van der Waals surface area (Å²) in [6.45, 7) is 30.3. The average molecular weight is 527 g/mol. The fourth-order valence-corrected chi connectivity index (χ4v) is 7.70. The lowest BCUT2D eigenvalue weighted by Crippen LogP contribution is -2.47. The summed E-state index contributed by atoms with van der Waals surface area (Å²) in [4.78, 5) is 0. The molecule has 0 aromatic rings. The Balaban J connectivity index is 2.38. The fraction of sp³-hybridized carbons (Fsp3) is 0.931. The quantitative estimate of drug-likeness (QED) is 0.230. The molecule has 0 bridgehead atoms. The number of rotatable bonds is 10. The van der Waals surface area contributed by atoms with E-state index < -0.39 is 22.9 Å². The summed E-state index contributed by atoms with van der Waals surface area (Å²) in [7, 11) is -3.88. The van der Waals surface area contributed by atoms with Gasteiger partial charge in [0.05, 0.1) is 18.3 Å². The van der Waals surface area contributed by atoms with Gasteiger partial charge < -0.3 is 18.7 Å². The van der Waals surface area contributed by atoms with Crippen molar-refractivity contribution in [2.75, 3.05) is 0 Å². The third kappa shape index (κ3) is 7.54. The SMILES string of the molecule is CCCCC(C)(C)[C@@H](/C=C/[C@@H]1[C@H]2CC(O)O[C@H]2C[C@H]1O[Si](C)(C)C(C)(C)C)O[Si](C)(C)C(C)(C)C. The largest absolute Gasteiger partial charge is 0.413 e. The Hall–Kier alpha value is 0.0138. The van der Waals surface area contributed by atoms with Gasteiger partial charge in [0, 0.05) is 12.3 Å². The summed E-state index contributed by atoms with van der Waals surface area (Å²) < 4.78 is 20.0. The molecule has 35 heavy (non-hydrogen) atoms. The zero-order chi connectivity index (χ0) is 27.0. The number of unbranched alkanes of at least 4 members (excludes halogenated alkanes) is 1.